The molecule has 4 N–H and O–H groups in total. The van der Waals surface area contributed by atoms with Gasteiger partial charge in [-0.3, -0.25) is 9.59 Å². The molecular formula is C23H34O6. The van der Waals surface area contributed by atoms with Gasteiger partial charge in [-0.05, 0) is 88.5 Å². The number of benzene rings is 1. The Morgan fingerprint density at radius 1 is 0.897 bits per heavy atom. The zero-order chi connectivity index (χ0) is 21.7. The predicted molar refractivity (Wildman–Crippen MR) is 110 cm³/mol. The number of unbranched alkanes of at least 4 members (excludes halogenated alkanes) is 3. The molecule has 0 unspecified atom stereocenters. The van der Waals surface area contributed by atoms with Gasteiger partial charge in [0.05, 0.1) is 10.8 Å². The third-order valence-corrected chi connectivity index (χ3v) is 6.27. The standard InChI is InChI=1S/C23H34O6/c1-22(2,20(26)27)10-6-3-4-8-16-14-19(25)17(15-18(16)24)9-5-7-11-23(12-13-23)21(28)29/h14-15,24-25H,3-13H2,1-2H3,(H,26,27)(H,28,29). The fraction of sp³-hybridized carbons (Fsp3) is 0.652. The lowest BCUT2D eigenvalue weighted by molar-refractivity contribution is -0.147. The highest BCUT2D eigenvalue weighted by Gasteiger charge is 2.49. The number of phenolic OH excluding ortho intramolecular Hbond substituents is 2. The zero-order valence-corrected chi connectivity index (χ0v) is 17.5. The van der Waals surface area contributed by atoms with Crippen LogP contribution in [0.5, 0.6) is 11.5 Å². The van der Waals surface area contributed by atoms with Crippen molar-refractivity contribution in [1.82, 2.24) is 0 Å². The number of aliphatic carboxylic acids is 2. The Labute approximate surface area is 172 Å². The highest BCUT2D eigenvalue weighted by Crippen LogP contribution is 2.50. The van der Waals surface area contributed by atoms with E-state index in [0.29, 0.717) is 36.8 Å². The average molecular weight is 407 g/mol. The third kappa shape index (κ3) is 6.38. The highest BCUT2D eigenvalue weighted by molar-refractivity contribution is 5.77. The molecule has 0 aromatic heterocycles. The van der Waals surface area contributed by atoms with Crippen LogP contribution in [-0.4, -0.2) is 32.4 Å². The van der Waals surface area contributed by atoms with Crippen LogP contribution in [0.3, 0.4) is 0 Å². The summed E-state index contributed by atoms with van der Waals surface area (Å²) in [6.07, 6.45) is 8.11. The predicted octanol–water partition coefficient (Wildman–Crippen LogP) is 4.89. The molecule has 6 heteroatoms. The number of aryl methyl sites for hydroxylation is 2. The monoisotopic (exact) mass is 406 g/mol. The number of hydrogen-bond donors (Lipinski definition) is 4. The van der Waals surface area contributed by atoms with Crippen LogP contribution in [0, 0.1) is 10.8 Å². The molecule has 0 saturated heterocycles. The number of phenols is 2. The smallest absolute Gasteiger partial charge is 0.309 e. The van der Waals surface area contributed by atoms with E-state index in [2.05, 4.69) is 0 Å². The maximum atomic E-state index is 11.2. The van der Waals surface area contributed by atoms with Gasteiger partial charge in [-0.2, -0.15) is 0 Å². The molecule has 0 heterocycles. The number of carboxylic acids is 2. The molecular weight excluding hydrogens is 372 g/mol. The first kappa shape index (κ1) is 23.0. The Balaban J connectivity index is 1.75. The summed E-state index contributed by atoms with van der Waals surface area (Å²) in [6.45, 7) is 3.45. The molecule has 0 bridgehead atoms. The van der Waals surface area contributed by atoms with Crippen molar-refractivity contribution in [2.45, 2.75) is 84.5 Å². The van der Waals surface area contributed by atoms with Gasteiger partial charge >= 0.3 is 11.9 Å². The Hall–Kier alpha value is -2.24. The summed E-state index contributed by atoms with van der Waals surface area (Å²) in [7, 11) is 0. The van der Waals surface area contributed by atoms with Crippen LogP contribution in [0.2, 0.25) is 0 Å². The minimum atomic E-state index is -0.786. The first-order valence-corrected chi connectivity index (χ1v) is 10.6. The van der Waals surface area contributed by atoms with Crippen molar-refractivity contribution < 1.29 is 30.0 Å². The second-order valence-corrected chi connectivity index (χ2v) is 9.15. The van der Waals surface area contributed by atoms with Gasteiger partial charge < -0.3 is 20.4 Å². The van der Waals surface area contributed by atoms with E-state index in [1.165, 1.54) is 0 Å². The Morgan fingerprint density at radius 3 is 1.86 bits per heavy atom. The molecule has 29 heavy (non-hydrogen) atoms. The van der Waals surface area contributed by atoms with E-state index in [4.69, 9.17) is 5.11 Å². The van der Waals surface area contributed by atoms with E-state index in [1.54, 1.807) is 26.0 Å². The van der Waals surface area contributed by atoms with Crippen molar-refractivity contribution in [3.05, 3.63) is 23.3 Å². The van der Waals surface area contributed by atoms with Crippen LogP contribution >= 0.6 is 0 Å². The summed E-state index contributed by atoms with van der Waals surface area (Å²) in [6, 6.07) is 3.23. The van der Waals surface area contributed by atoms with E-state index < -0.39 is 22.8 Å². The van der Waals surface area contributed by atoms with Gasteiger partial charge in [-0.1, -0.05) is 19.3 Å². The van der Waals surface area contributed by atoms with Crippen molar-refractivity contribution in [1.29, 1.82) is 0 Å². The van der Waals surface area contributed by atoms with Crippen LogP contribution in [0.1, 0.15) is 82.8 Å². The van der Waals surface area contributed by atoms with E-state index in [-0.39, 0.29) is 11.5 Å². The summed E-state index contributed by atoms with van der Waals surface area (Å²) in [5.74, 6) is -1.14. The number of hydrogen-bond acceptors (Lipinski definition) is 4. The molecule has 6 nitrogen and oxygen atoms in total. The van der Waals surface area contributed by atoms with Gasteiger partial charge in [0.1, 0.15) is 11.5 Å². The molecule has 1 saturated carbocycles. The van der Waals surface area contributed by atoms with Crippen molar-refractivity contribution in [3.63, 3.8) is 0 Å². The van der Waals surface area contributed by atoms with Gasteiger partial charge in [0.2, 0.25) is 0 Å². The maximum Gasteiger partial charge on any atom is 0.309 e. The first-order chi connectivity index (χ1) is 13.6. The second-order valence-electron chi connectivity index (χ2n) is 9.15. The molecule has 0 atom stereocenters. The Bertz CT molecular complexity index is 733. The summed E-state index contributed by atoms with van der Waals surface area (Å²) < 4.78 is 0. The average Bonchev–Trinajstić information content (AvgIpc) is 3.43. The molecule has 0 spiro atoms. The van der Waals surface area contributed by atoms with E-state index in [9.17, 15) is 24.9 Å². The summed E-state index contributed by atoms with van der Waals surface area (Å²) >= 11 is 0. The molecule has 1 aromatic rings. The lowest BCUT2D eigenvalue weighted by atomic mass is 9.87. The van der Waals surface area contributed by atoms with Gasteiger partial charge in [-0.25, -0.2) is 0 Å². The van der Waals surface area contributed by atoms with Crippen molar-refractivity contribution in [2.75, 3.05) is 0 Å². The highest BCUT2D eigenvalue weighted by atomic mass is 16.4. The fourth-order valence-corrected chi connectivity index (χ4v) is 3.73. The molecule has 2 rings (SSSR count). The normalized spacial score (nSPS) is 15.2. The minimum absolute atomic E-state index is 0.171. The molecule has 0 radical (unpaired) electrons. The maximum absolute atomic E-state index is 11.2. The molecule has 1 aliphatic rings. The van der Waals surface area contributed by atoms with Crippen molar-refractivity contribution in [3.8, 4) is 11.5 Å². The second kappa shape index (κ2) is 9.51. The molecule has 162 valence electrons. The quantitative estimate of drug-likeness (QED) is 0.274. The molecule has 0 aliphatic heterocycles. The lowest BCUT2D eigenvalue weighted by Gasteiger charge is -2.18. The van der Waals surface area contributed by atoms with Gasteiger partial charge in [-0.15, -0.1) is 0 Å². The zero-order valence-electron chi connectivity index (χ0n) is 17.5. The molecule has 1 fully saturated rings. The fourth-order valence-electron chi connectivity index (χ4n) is 3.73. The van der Waals surface area contributed by atoms with Gasteiger partial charge in [0.25, 0.3) is 0 Å². The summed E-state index contributed by atoms with van der Waals surface area (Å²) in [4.78, 5) is 22.3. The SMILES string of the molecule is CC(C)(CCCCCc1cc(O)c(CCCCC2(C(=O)O)CC2)cc1O)C(=O)O. The molecule has 1 aliphatic carbocycles. The van der Waals surface area contributed by atoms with Gasteiger partial charge in [0.15, 0.2) is 0 Å². The van der Waals surface area contributed by atoms with E-state index in [1.807, 2.05) is 0 Å². The molecule has 0 amide bonds. The van der Waals surface area contributed by atoms with Crippen molar-refractivity contribution in [2.24, 2.45) is 10.8 Å². The first-order valence-electron chi connectivity index (χ1n) is 10.6. The third-order valence-electron chi connectivity index (χ3n) is 6.27. The largest absolute Gasteiger partial charge is 0.508 e. The van der Waals surface area contributed by atoms with Crippen LogP contribution in [0.4, 0.5) is 0 Å². The van der Waals surface area contributed by atoms with E-state index in [0.717, 1.165) is 44.9 Å². The van der Waals surface area contributed by atoms with Crippen LogP contribution in [0.15, 0.2) is 12.1 Å². The van der Waals surface area contributed by atoms with Gasteiger partial charge in [0, 0.05) is 0 Å². The minimum Gasteiger partial charge on any atom is -0.508 e. The van der Waals surface area contributed by atoms with Crippen LogP contribution in [-0.2, 0) is 22.4 Å². The van der Waals surface area contributed by atoms with E-state index >= 15 is 0 Å². The lowest BCUT2D eigenvalue weighted by Crippen LogP contribution is -2.23. The number of carbonyl (C=O) groups is 2. The number of rotatable bonds is 13. The van der Waals surface area contributed by atoms with Crippen LogP contribution in [0.25, 0.3) is 0 Å². The summed E-state index contributed by atoms with van der Waals surface area (Å²) in [5, 5.41) is 38.9. The topological polar surface area (TPSA) is 115 Å². The van der Waals surface area contributed by atoms with Crippen molar-refractivity contribution >= 4 is 11.9 Å². The van der Waals surface area contributed by atoms with Crippen LogP contribution < -0.4 is 0 Å². The Kier molecular flexibility index (Phi) is 7.55. The Morgan fingerprint density at radius 2 is 1.41 bits per heavy atom. The number of aromatic hydroxyl groups is 2. The molecule has 1 aromatic carbocycles. The number of carboxylic acid groups (broad SMARTS) is 2. The summed E-state index contributed by atoms with van der Waals surface area (Å²) in [5.41, 5.74) is 0.167.